The van der Waals surface area contributed by atoms with Crippen LogP contribution in [0.3, 0.4) is 0 Å². The maximum atomic E-state index is 12.2. The molecule has 0 unspecified atom stereocenters. The number of hydrogen-bond acceptors (Lipinski definition) is 7. The second kappa shape index (κ2) is 7.47. The fourth-order valence-corrected chi connectivity index (χ4v) is 3.26. The van der Waals surface area contributed by atoms with Crippen molar-refractivity contribution in [3.8, 4) is 17.0 Å². The molecule has 4 rings (SSSR count). The standard InChI is InChI=1S/C19H18ClN5O3/c1-3-27-18(26)13-9-21-19(20)23-17(13)22-14-6-4-5-12-15-11(10-25(2)24-15)7-8-28-16(12)14/h4-6,9-10H,3,7-8H2,1-2H3,(H,21,22,23). The molecule has 0 saturated heterocycles. The number of nitrogens with zero attached hydrogens (tertiary/aromatic N) is 4. The molecule has 0 amide bonds. The Labute approximate surface area is 166 Å². The number of benzene rings is 1. The average Bonchev–Trinajstić information content (AvgIpc) is 2.94. The third-order valence-electron chi connectivity index (χ3n) is 4.30. The van der Waals surface area contributed by atoms with Gasteiger partial charge in [0.05, 0.1) is 24.6 Å². The van der Waals surface area contributed by atoms with Gasteiger partial charge in [-0.15, -0.1) is 0 Å². The van der Waals surface area contributed by atoms with E-state index in [2.05, 4.69) is 20.4 Å². The fourth-order valence-electron chi connectivity index (χ4n) is 3.13. The molecular weight excluding hydrogens is 382 g/mol. The minimum atomic E-state index is -0.531. The van der Waals surface area contributed by atoms with E-state index >= 15 is 0 Å². The van der Waals surface area contributed by atoms with E-state index < -0.39 is 5.97 Å². The lowest BCUT2D eigenvalue weighted by Gasteiger charge is -2.15. The number of hydrogen-bond donors (Lipinski definition) is 1. The lowest BCUT2D eigenvalue weighted by atomic mass is 10.1. The Morgan fingerprint density at radius 1 is 1.43 bits per heavy atom. The molecule has 0 radical (unpaired) electrons. The fraction of sp³-hybridized carbons (Fsp3) is 0.263. The number of halogens is 1. The highest BCUT2D eigenvalue weighted by molar-refractivity contribution is 6.28. The van der Waals surface area contributed by atoms with Crippen LogP contribution in [0.4, 0.5) is 11.5 Å². The molecule has 2 aromatic heterocycles. The number of carbonyl (C=O) groups excluding carboxylic acids is 1. The summed E-state index contributed by atoms with van der Waals surface area (Å²) in [5.41, 5.74) is 3.71. The molecule has 3 heterocycles. The summed E-state index contributed by atoms with van der Waals surface area (Å²) in [6.45, 7) is 2.49. The maximum Gasteiger partial charge on any atom is 0.343 e. The van der Waals surface area contributed by atoms with E-state index in [1.807, 2.05) is 31.4 Å². The molecule has 3 aromatic rings. The minimum absolute atomic E-state index is 0.0190. The van der Waals surface area contributed by atoms with Crippen LogP contribution in [-0.4, -0.2) is 38.9 Å². The Kier molecular flexibility index (Phi) is 4.87. The van der Waals surface area contributed by atoms with Crippen LogP contribution in [0.5, 0.6) is 5.75 Å². The highest BCUT2D eigenvalue weighted by Crippen LogP contribution is 2.40. The Morgan fingerprint density at radius 3 is 3.11 bits per heavy atom. The Morgan fingerprint density at radius 2 is 2.29 bits per heavy atom. The molecule has 0 atom stereocenters. The SMILES string of the molecule is CCOC(=O)c1cnc(Cl)nc1Nc1cccc2c1OCCc1cn(C)nc1-2. The predicted octanol–water partition coefficient (Wildman–Crippen LogP) is 3.39. The first-order chi connectivity index (χ1) is 13.6. The van der Waals surface area contributed by atoms with E-state index in [-0.39, 0.29) is 23.3 Å². The van der Waals surface area contributed by atoms with Gasteiger partial charge in [-0.1, -0.05) is 6.07 Å². The summed E-state index contributed by atoms with van der Waals surface area (Å²) in [6.07, 6.45) is 4.09. The highest BCUT2D eigenvalue weighted by atomic mass is 35.5. The number of nitrogens with one attached hydrogen (secondary N) is 1. The van der Waals surface area contributed by atoms with Gasteiger partial charge in [-0.25, -0.2) is 9.78 Å². The van der Waals surface area contributed by atoms with Gasteiger partial charge >= 0.3 is 5.97 Å². The van der Waals surface area contributed by atoms with Gasteiger partial charge < -0.3 is 14.8 Å². The van der Waals surface area contributed by atoms with Gasteiger partial charge in [-0.05, 0) is 30.7 Å². The van der Waals surface area contributed by atoms with Crippen LogP contribution in [0.15, 0.2) is 30.6 Å². The topological polar surface area (TPSA) is 91.2 Å². The molecule has 0 aliphatic carbocycles. The number of esters is 1. The van der Waals surface area contributed by atoms with Gasteiger partial charge in [-0.3, -0.25) is 4.68 Å². The normalized spacial score (nSPS) is 12.4. The minimum Gasteiger partial charge on any atom is -0.490 e. The number of anilines is 2. The highest BCUT2D eigenvalue weighted by Gasteiger charge is 2.23. The van der Waals surface area contributed by atoms with Gasteiger partial charge in [0.15, 0.2) is 5.75 Å². The van der Waals surface area contributed by atoms with E-state index in [1.54, 1.807) is 11.6 Å². The zero-order valence-corrected chi connectivity index (χ0v) is 16.2. The molecule has 9 heteroatoms. The van der Waals surface area contributed by atoms with Crippen LogP contribution >= 0.6 is 11.6 Å². The number of rotatable bonds is 4. The Hall–Kier alpha value is -3.13. The first-order valence-electron chi connectivity index (χ1n) is 8.82. The van der Waals surface area contributed by atoms with Gasteiger partial charge in [0.25, 0.3) is 0 Å². The van der Waals surface area contributed by atoms with Gasteiger partial charge in [0, 0.05) is 37.0 Å². The zero-order chi connectivity index (χ0) is 19.7. The predicted molar refractivity (Wildman–Crippen MR) is 104 cm³/mol. The molecule has 144 valence electrons. The summed E-state index contributed by atoms with van der Waals surface area (Å²) >= 11 is 5.95. The third-order valence-corrected chi connectivity index (χ3v) is 4.48. The molecule has 0 bridgehead atoms. The van der Waals surface area contributed by atoms with Crippen molar-refractivity contribution in [2.24, 2.45) is 7.05 Å². The largest absolute Gasteiger partial charge is 0.490 e. The van der Waals surface area contributed by atoms with Gasteiger partial charge in [0.2, 0.25) is 5.28 Å². The summed E-state index contributed by atoms with van der Waals surface area (Å²) in [5, 5.41) is 7.74. The van der Waals surface area contributed by atoms with Crippen molar-refractivity contribution in [3.05, 3.63) is 47.0 Å². The third kappa shape index (κ3) is 3.38. The van der Waals surface area contributed by atoms with Crippen molar-refractivity contribution in [2.75, 3.05) is 18.5 Å². The van der Waals surface area contributed by atoms with Crippen LogP contribution in [-0.2, 0) is 18.2 Å². The lowest BCUT2D eigenvalue weighted by Crippen LogP contribution is -2.11. The van der Waals surface area contributed by atoms with Crippen LogP contribution in [0, 0.1) is 0 Å². The summed E-state index contributed by atoms with van der Waals surface area (Å²) in [6, 6.07) is 5.69. The first-order valence-corrected chi connectivity index (χ1v) is 9.20. The van der Waals surface area contributed by atoms with Crippen molar-refractivity contribution in [1.82, 2.24) is 19.7 Å². The van der Waals surface area contributed by atoms with Crippen molar-refractivity contribution in [2.45, 2.75) is 13.3 Å². The van der Waals surface area contributed by atoms with Crippen molar-refractivity contribution < 1.29 is 14.3 Å². The first kappa shape index (κ1) is 18.2. The molecule has 0 fully saturated rings. The van der Waals surface area contributed by atoms with Gasteiger partial charge in [0.1, 0.15) is 11.4 Å². The summed E-state index contributed by atoms with van der Waals surface area (Å²) in [7, 11) is 1.89. The second-order valence-corrected chi connectivity index (χ2v) is 6.54. The van der Waals surface area contributed by atoms with Crippen molar-refractivity contribution in [3.63, 3.8) is 0 Å². The molecular formula is C19H18ClN5O3. The number of para-hydroxylation sites is 1. The smallest absolute Gasteiger partial charge is 0.343 e. The monoisotopic (exact) mass is 399 g/mol. The van der Waals surface area contributed by atoms with E-state index in [0.29, 0.717) is 18.0 Å². The number of aryl methyl sites for hydroxylation is 1. The van der Waals surface area contributed by atoms with Crippen LogP contribution in [0.1, 0.15) is 22.8 Å². The van der Waals surface area contributed by atoms with Gasteiger partial charge in [-0.2, -0.15) is 10.1 Å². The van der Waals surface area contributed by atoms with E-state index in [1.165, 1.54) is 6.20 Å². The second-order valence-electron chi connectivity index (χ2n) is 6.20. The quantitative estimate of drug-likeness (QED) is 0.531. The molecule has 1 aliphatic heterocycles. The zero-order valence-electron chi connectivity index (χ0n) is 15.4. The number of aromatic nitrogens is 4. The van der Waals surface area contributed by atoms with Crippen LogP contribution in [0.25, 0.3) is 11.3 Å². The summed E-state index contributed by atoms with van der Waals surface area (Å²) < 4.78 is 12.9. The van der Waals surface area contributed by atoms with E-state index in [0.717, 1.165) is 23.2 Å². The van der Waals surface area contributed by atoms with Crippen LogP contribution in [0.2, 0.25) is 5.28 Å². The van der Waals surface area contributed by atoms with E-state index in [9.17, 15) is 4.79 Å². The number of carbonyl (C=O) groups is 1. The number of fused-ring (bicyclic) bond motifs is 3. The Bertz CT molecular complexity index is 1050. The Balaban J connectivity index is 1.77. The summed E-state index contributed by atoms with van der Waals surface area (Å²) in [5.74, 6) is 0.363. The van der Waals surface area contributed by atoms with Crippen molar-refractivity contribution >= 4 is 29.1 Å². The number of ether oxygens (including phenoxy) is 2. The maximum absolute atomic E-state index is 12.2. The van der Waals surface area contributed by atoms with Crippen LogP contribution < -0.4 is 10.1 Å². The lowest BCUT2D eigenvalue weighted by molar-refractivity contribution is 0.0526. The summed E-state index contributed by atoms with van der Waals surface area (Å²) in [4.78, 5) is 20.3. The molecule has 8 nitrogen and oxygen atoms in total. The molecule has 1 aromatic carbocycles. The molecule has 28 heavy (non-hydrogen) atoms. The molecule has 0 saturated carbocycles. The van der Waals surface area contributed by atoms with Crippen molar-refractivity contribution in [1.29, 1.82) is 0 Å². The molecule has 1 N–H and O–H groups in total. The molecule has 0 spiro atoms. The average molecular weight is 400 g/mol. The van der Waals surface area contributed by atoms with E-state index in [4.69, 9.17) is 21.1 Å². The molecule has 1 aliphatic rings.